The average molecular weight is 416 g/mol. The van der Waals surface area contributed by atoms with Crippen LogP contribution >= 0.6 is 0 Å². The first-order valence-electron chi connectivity index (χ1n) is 10.5. The molecular formula is C22H28N2O6. The average Bonchev–Trinajstić information content (AvgIpc) is 3.29. The summed E-state index contributed by atoms with van der Waals surface area (Å²) < 4.78 is 11.6. The predicted octanol–water partition coefficient (Wildman–Crippen LogP) is 0.623. The number of rotatable bonds is 7. The first-order chi connectivity index (χ1) is 14.4. The molecule has 3 saturated heterocycles. The van der Waals surface area contributed by atoms with Gasteiger partial charge in [-0.15, -0.1) is 0 Å². The summed E-state index contributed by atoms with van der Waals surface area (Å²) in [6.07, 6.45) is 1.07. The quantitative estimate of drug-likeness (QED) is 0.632. The molecule has 3 heterocycles. The minimum Gasteiger partial charge on any atom is -0.466 e. The molecule has 2 amide bonds. The number of amides is 2. The van der Waals surface area contributed by atoms with Crippen molar-refractivity contribution in [1.82, 2.24) is 10.2 Å². The molecule has 162 valence electrons. The Bertz CT molecular complexity index is 845. The van der Waals surface area contributed by atoms with Crippen LogP contribution in [0.1, 0.15) is 32.3 Å². The van der Waals surface area contributed by atoms with Crippen molar-refractivity contribution in [3.63, 3.8) is 0 Å². The Hall–Kier alpha value is -2.45. The van der Waals surface area contributed by atoms with Gasteiger partial charge in [0.05, 0.1) is 24.7 Å². The lowest BCUT2D eigenvalue weighted by molar-refractivity contribution is -0.159. The number of fused-ring (bicyclic) bond motifs is 1. The van der Waals surface area contributed by atoms with Crippen LogP contribution in [0.3, 0.4) is 0 Å². The largest absolute Gasteiger partial charge is 0.466 e. The second-order valence-electron chi connectivity index (χ2n) is 8.44. The highest BCUT2D eigenvalue weighted by Gasteiger charge is 2.78. The molecule has 30 heavy (non-hydrogen) atoms. The van der Waals surface area contributed by atoms with Gasteiger partial charge in [-0.3, -0.25) is 14.4 Å². The topological polar surface area (TPSA) is 105 Å². The molecule has 3 aliphatic rings. The number of nitrogens with one attached hydrogen (secondary N) is 1. The first kappa shape index (κ1) is 20.8. The lowest BCUT2D eigenvalue weighted by atomic mass is 9.66. The minimum absolute atomic E-state index is 0.0100. The summed E-state index contributed by atoms with van der Waals surface area (Å²) in [5.74, 6) is -2.67. The standard InChI is InChI=1S/C22H28N2O6/c1-3-29-20(28)16-15-19(27)24(11-12-25)17(22(15)10-9-21(16,2)30-22)18(26)23-13-14-7-5-4-6-8-14/h4-8,15-17,25H,3,9-13H2,1-2H3,(H,23,26)/t15-,16+,17?,21-,22?/m0/s1. The van der Waals surface area contributed by atoms with E-state index in [1.54, 1.807) is 6.92 Å². The summed E-state index contributed by atoms with van der Waals surface area (Å²) >= 11 is 0. The normalized spacial score (nSPS) is 34.2. The number of esters is 1. The molecule has 3 aliphatic heterocycles. The predicted molar refractivity (Wildman–Crippen MR) is 106 cm³/mol. The van der Waals surface area contributed by atoms with Gasteiger partial charge >= 0.3 is 5.97 Å². The minimum atomic E-state index is -1.08. The number of benzene rings is 1. The molecule has 1 aromatic rings. The van der Waals surface area contributed by atoms with E-state index in [0.29, 0.717) is 19.4 Å². The highest BCUT2D eigenvalue weighted by atomic mass is 16.6. The Morgan fingerprint density at radius 1 is 1.30 bits per heavy atom. The molecule has 0 aliphatic carbocycles. The third-order valence-electron chi connectivity index (χ3n) is 6.72. The van der Waals surface area contributed by atoms with Crippen LogP contribution in [-0.2, 0) is 30.4 Å². The van der Waals surface area contributed by atoms with E-state index in [4.69, 9.17) is 9.47 Å². The number of ether oxygens (including phenoxy) is 2. The van der Waals surface area contributed by atoms with Crippen LogP contribution in [0.4, 0.5) is 0 Å². The lowest BCUT2D eigenvalue weighted by Crippen LogP contribution is -2.55. The van der Waals surface area contributed by atoms with Gasteiger partial charge < -0.3 is 24.8 Å². The summed E-state index contributed by atoms with van der Waals surface area (Å²) in [5, 5.41) is 12.4. The van der Waals surface area contributed by atoms with Gasteiger partial charge in [0.15, 0.2) is 0 Å². The van der Waals surface area contributed by atoms with Crippen LogP contribution in [-0.4, -0.2) is 64.8 Å². The van der Waals surface area contributed by atoms with Gasteiger partial charge in [0.2, 0.25) is 11.8 Å². The molecule has 0 saturated carbocycles. The zero-order valence-corrected chi connectivity index (χ0v) is 17.3. The molecule has 2 N–H and O–H groups in total. The van der Waals surface area contributed by atoms with Gasteiger partial charge in [-0.25, -0.2) is 0 Å². The van der Waals surface area contributed by atoms with Crippen molar-refractivity contribution in [2.75, 3.05) is 19.8 Å². The molecule has 3 fully saturated rings. The Labute approximate surface area is 175 Å². The fourth-order valence-corrected chi connectivity index (χ4v) is 5.55. The third-order valence-corrected chi connectivity index (χ3v) is 6.72. The number of carbonyl (C=O) groups is 3. The van der Waals surface area contributed by atoms with Crippen LogP contribution in [0.2, 0.25) is 0 Å². The van der Waals surface area contributed by atoms with Crippen LogP contribution in [0, 0.1) is 11.8 Å². The maximum Gasteiger partial charge on any atom is 0.312 e. The van der Waals surface area contributed by atoms with Crippen molar-refractivity contribution in [3.05, 3.63) is 35.9 Å². The fraction of sp³-hybridized carbons (Fsp3) is 0.591. The second-order valence-corrected chi connectivity index (χ2v) is 8.44. The van der Waals surface area contributed by atoms with E-state index >= 15 is 0 Å². The SMILES string of the molecule is CCOC(=O)[C@H]1[C@H]2C(=O)N(CCO)C(C(=O)NCc3ccccc3)C23CC[C@]1(C)O3. The van der Waals surface area contributed by atoms with E-state index in [9.17, 15) is 19.5 Å². The van der Waals surface area contributed by atoms with E-state index in [0.717, 1.165) is 5.56 Å². The van der Waals surface area contributed by atoms with Crippen LogP contribution in [0.5, 0.6) is 0 Å². The molecule has 5 atom stereocenters. The van der Waals surface area contributed by atoms with E-state index < -0.39 is 35.0 Å². The molecule has 8 heteroatoms. The molecule has 2 bridgehead atoms. The van der Waals surface area contributed by atoms with E-state index in [-0.39, 0.29) is 31.6 Å². The van der Waals surface area contributed by atoms with Crippen LogP contribution in [0.25, 0.3) is 0 Å². The van der Waals surface area contributed by atoms with Gasteiger partial charge in [0.1, 0.15) is 17.6 Å². The van der Waals surface area contributed by atoms with Crippen LogP contribution < -0.4 is 5.32 Å². The number of hydrogen-bond acceptors (Lipinski definition) is 6. The highest BCUT2D eigenvalue weighted by Crippen LogP contribution is 2.63. The number of aliphatic hydroxyl groups is 1. The van der Waals surface area contributed by atoms with Crippen molar-refractivity contribution in [2.45, 2.75) is 50.5 Å². The van der Waals surface area contributed by atoms with E-state index in [1.807, 2.05) is 37.3 Å². The smallest absolute Gasteiger partial charge is 0.312 e. The van der Waals surface area contributed by atoms with Gasteiger partial charge in [-0.1, -0.05) is 30.3 Å². The fourth-order valence-electron chi connectivity index (χ4n) is 5.55. The third kappa shape index (κ3) is 3.01. The molecule has 2 unspecified atom stereocenters. The van der Waals surface area contributed by atoms with E-state index in [2.05, 4.69) is 5.32 Å². The summed E-state index contributed by atoms with van der Waals surface area (Å²) in [6, 6.07) is 8.59. The van der Waals surface area contributed by atoms with Crippen molar-refractivity contribution in [3.8, 4) is 0 Å². The van der Waals surface area contributed by atoms with Crippen molar-refractivity contribution in [2.24, 2.45) is 11.8 Å². The molecule has 0 aromatic heterocycles. The lowest BCUT2D eigenvalue weighted by Gasteiger charge is -2.33. The van der Waals surface area contributed by atoms with Crippen molar-refractivity contribution >= 4 is 17.8 Å². The van der Waals surface area contributed by atoms with E-state index in [1.165, 1.54) is 4.90 Å². The van der Waals surface area contributed by atoms with Crippen LogP contribution in [0.15, 0.2) is 30.3 Å². The molecular weight excluding hydrogens is 388 g/mol. The number of likely N-dealkylation sites (tertiary alicyclic amines) is 1. The monoisotopic (exact) mass is 416 g/mol. The summed E-state index contributed by atoms with van der Waals surface area (Å²) in [6.45, 7) is 3.80. The number of hydrogen-bond donors (Lipinski definition) is 2. The maximum atomic E-state index is 13.4. The number of carbonyl (C=O) groups excluding carboxylic acids is 3. The number of nitrogens with zero attached hydrogens (tertiary/aromatic N) is 1. The Morgan fingerprint density at radius 2 is 2.03 bits per heavy atom. The summed E-state index contributed by atoms with van der Waals surface area (Å²) in [4.78, 5) is 40.8. The second kappa shape index (κ2) is 7.67. The van der Waals surface area contributed by atoms with Crippen molar-refractivity contribution < 1.29 is 29.0 Å². The Kier molecular flexibility index (Phi) is 5.32. The maximum absolute atomic E-state index is 13.4. The van der Waals surface area contributed by atoms with Gasteiger partial charge in [0, 0.05) is 13.1 Å². The molecule has 0 radical (unpaired) electrons. The first-order valence-corrected chi connectivity index (χ1v) is 10.5. The van der Waals surface area contributed by atoms with Gasteiger partial charge in [-0.05, 0) is 32.3 Å². The molecule has 1 aromatic carbocycles. The zero-order chi connectivity index (χ0) is 21.5. The molecule has 8 nitrogen and oxygen atoms in total. The number of β-amino-alcohol motifs (C(OH)–C–C–N with tert-alkyl or cyclic N) is 1. The molecule has 4 rings (SSSR count). The Morgan fingerprint density at radius 3 is 2.70 bits per heavy atom. The van der Waals surface area contributed by atoms with Gasteiger partial charge in [-0.2, -0.15) is 0 Å². The summed E-state index contributed by atoms with van der Waals surface area (Å²) in [5.41, 5.74) is -0.986. The molecule has 1 spiro atoms. The zero-order valence-electron chi connectivity index (χ0n) is 17.3. The van der Waals surface area contributed by atoms with Crippen molar-refractivity contribution in [1.29, 1.82) is 0 Å². The number of aliphatic hydroxyl groups excluding tert-OH is 1. The highest BCUT2D eigenvalue weighted by molar-refractivity contribution is 5.98. The Balaban J connectivity index is 1.65. The summed E-state index contributed by atoms with van der Waals surface area (Å²) in [7, 11) is 0. The van der Waals surface area contributed by atoms with Gasteiger partial charge in [0.25, 0.3) is 0 Å².